The minimum Gasteiger partial charge on any atom is -0.355 e. The molecule has 1 amide bonds. The van der Waals surface area contributed by atoms with E-state index in [-0.39, 0.29) is 5.91 Å². The van der Waals surface area contributed by atoms with E-state index in [1.807, 2.05) is 19.1 Å². The van der Waals surface area contributed by atoms with E-state index in [4.69, 9.17) is 0 Å². The summed E-state index contributed by atoms with van der Waals surface area (Å²) >= 11 is 0. The first-order chi connectivity index (χ1) is 8.24. The fourth-order valence-electron chi connectivity index (χ4n) is 1.68. The summed E-state index contributed by atoms with van der Waals surface area (Å²) in [4.78, 5) is 19.1. The van der Waals surface area contributed by atoms with Crippen LogP contribution in [0, 0.1) is 0 Å². The van der Waals surface area contributed by atoms with E-state index in [9.17, 15) is 4.79 Å². The number of imidazole rings is 1. The number of carbonyl (C=O) groups is 1. The Kier molecular flexibility index (Phi) is 3.39. The molecule has 17 heavy (non-hydrogen) atoms. The molecule has 0 aliphatic rings. The molecule has 5 nitrogen and oxygen atoms in total. The SMILES string of the molecule is CCNCc1nc2ccc(C(=O)NC)cc2[nH]1. The van der Waals surface area contributed by atoms with Gasteiger partial charge in [0.05, 0.1) is 17.6 Å². The molecule has 1 heterocycles. The van der Waals surface area contributed by atoms with E-state index >= 15 is 0 Å². The van der Waals surface area contributed by atoms with Crippen molar-refractivity contribution in [3.05, 3.63) is 29.6 Å². The molecule has 0 fully saturated rings. The first kappa shape index (κ1) is 11.6. The predicted molar refractivity (Wildman–Crippen MR) is 66.9 cm³/mol. The summed E-state index contributed by atoms with van der Waals surface area (Å²) < 4.78 is 0. The van der Waals surface area contributed by atoms with Gasteiger partial charge in [0.25, 0.3) is 5.91 Å². The number of H-pyrrole nitrogens is 1. The van der Waals surface area contributed by atoms with Crippen molar-refractivity contribution in [3.8, 4) is 0 Å². The third kappa shape index (κ3) is 2.45. The van der Waals surface area contributed by atoms with Gasteiger partial charge in [0.2, 0.25) is 0 Å². The second-order valence-electron chi connectivity index (χ2n) is 3.77. The number of nitrogens with one attached hydrogen (secondary N) is 3. The average molecular weight is 232 g/mol. The number of aromatic amines is 1. The quantitative estimate of drug-likeness (QED) is 0.737. The molecule has 0 aliphatic heterocycles. The molecular weight excluding hydrogens is 216 g/mol. The molecule has 0 unspecified atom stereocenters. The lowest BCUT2D eigenvalue weighted by atomic mass is 10.2. The molecule has 90 valence electrons. The highest BCUT2D eigenvalue weighted by Crippen LogP contribution is 2.13. The Balaban J connectivity index is 2.31. The molecule has 1 aromatic heterocycles. The second kappa shape index (κ2) is 4.97. The number of fused-ring (bicyclic) bond motifs is 1. The van der Waals surface area contributed by atoms with Crippen LogP contribution in [-0.4, -0.2) is 29.5 Å². The average Bonchev–Trinajstić information content (AvgIpc) is 2.76. The van der Waals surface area contributed by atoms with E-state index in [0.717, 1.165) is 23.4 Å². The van der Waals surface area contributed by atoms with Crippen molar-refractivity contribution in [3.63, 3.8) is 0 Å². The molecule has 2 aromatic rings. The maximum Gasteiger partial charge on any atom is 0.251 e. The highest BCUT2D eigenvalue weighted by molar-refractivity contribution is 5.97. The summed E-state index contributed by atoms with van der Waals surface area (Å²) in [6.07, 6.45) is 0. The van der Waals surface area contributed by atoms with E-state index in [2.05, 4.69) is 20.6 Å². The minimum atomic E-state index is -0.0882. The summed E-state index contributed by atoms with van der Waals surface area (Å²) in [7, 11) is 1.62. The van der Waals surface area contributed by atoms with Gasteiger partial charge in [0.1, 0.15) is 5.82 Å². The lowest BCUT2D eigenvalue weighted by molar-refractivity contribution is 0.0963. The molecule has 2 rings (SSSR count). The van der Waals surface area contributed by atoms with Gasteiger partial charge in [-0.1, -0.05) is 6.92 Å². The molecule has 1 aromatic carbocycles. The zero-order chi connectivity index (χ0) is 12.3. The number of rotatable bonds is 4. The van der Waals surface area contributed by atoms with Gasteiger partial charge >= 0.3 is 0 Å². The fourth-order valence-corrected chi connectivity index (χ4v) is 1.68. The Morgan fingerprint density at radius 2 is 2.29 bits per heavy atom. The zero-order valence-corrected chi connectivity index (χ0v) is 10.0. The Bertz CT molecular complexity index is 532. The third-order valence-electron chi connectivity index (χ3n) is 2.56. The van der Waals surface area contributed by atoms with Crippen LogP contribution in [0.3, 0.4) is 0 Å². The minimum absolute atomic E-state index is 0.0882. The van der Waals surface area contributed by atoms with Gasteiger partial charge < -0.3 is 15.6 Å². The number of nitrogens with zero attached hydrogens (tertiary/aromatic N) is 1. The van der Waals surface area contributed by atoms with Gasteiger partial charge in [0.15, 0.2) is 0 Å². The van der Waals surface area contributed by atoms with Crippen LogP contribution in [-0.2, 0) is 6.54 Å². The standard InChI is InChI=1S/C12H16N4O/c1-3-14-7-11-15-9-5-4-8(12(17)13-2)6-10(9)16-11/h4-6,14H,3,7H2,1-2H3,(H,13,17)(H,15,16). The van der Waals surface area contributed by atoms with Crippen molar-refractivity contribution in [2.75, 3.05) is 13.6 Å². The van der Waals surface area contributed by atoms with Crippen LogP contribution in [0.25, 0.3) is 11.0 Å². The van der Waals surface area contributed by atoms with Crippen molar-refractivity contribution >= 4 is 16.9 Å². The smallest absolute Gasteiger partial charge is 0.251 e. The van der Waals surface area contributed by atoms with Crippen molar-refractivity contribution in [1.29, 1.82) is 0 Å². The topological polar surface area (TPSA) is 69.8 Å². The second-order valence-corrected chi connectivity index (χ2v) is 3.77. The van der Waals surface area contributed by atoms with Gasteiger partial charge in [-0.3, -0.25) is 4.79 Å². The molecule has 0 saturated heterocycles. The Morgan fingerprint density at radius 1 is 1.47 bits per heavy atom. The maximum absolute atomic E-state index is 11.5. The number of benzene rings is 1. The molecule has 0 saturated carbocycles. The van der Waals surface area contributed by atoms with Crippen molar-refractivity contribution in [1.82, 2.24) is 20.6 Å². The van der Waals surface area contributed by atoms with E-state index in [1.54, 1.807) is 13.1 Å². The number of aromatic nitrogens is 2. The molecule has 0 radical (unpaired) electrons. The normalized spacial score (nSPS) is 10.7. The zero-order valence-electron chi connectivity index (χ0n) is 10.0. The van der Waals surface area contributed by atoms with E-state index in [0.29, 0.717) is 12.1 Å². The largest absolute Gasteiger partial charge is 0.355 e. The highest BCUT2D eigenvalue weighted by Gasteiger charge is 2.07. The van der Waals surface area contributed by atoms with Gasteiger partial charge in [-0.05, 0) is 24.7 Å². The summed E-state index contributed by atoms with van der Waals surface area (Å²) in [6, 6.07) is 5.45. The number of carbonyl (C=O) groups excluding carboxylic acids is 1. The van der Waals surface area contributed by atoms with Crippen LogP contribution < -0.4 is 10.6 Å². The molecule has 3 N–H and O–H groups in total. The predicted octanol–water partition coefficient (Wildman–Crippen LogP) is 1.03. The number of hydrogen-bond donors (Lipinski definition) is 3. The Morgan fingerprint density at radius 3 is 3.00 bits per heavy atom. The molecular formula is C12H16N4O. The van der Waals surface area contributed by atoms with Crippen LogP contribution in [0.1, 0.15) is 23.1 Å². The van der Waals surface area contributed by atoms with E-state index in [1.165, 1.54) is 0 Å². The van der Waals surface area contributed by atoms with E-state index < -0.39 is 0 Å². The van der Waals surface area contributed by atoms with Crippen LogP contribution >= 0.6 is 0 Å². The van der Waals surface area contributed by atoms with Gasteiger partial charge in [0, 0.05) is 12.6 Å². The lowest BCUT2D eigenvalue weighted by Crippen LogP contribution is -2.17. The lowest BCUT2D eigenvalue weighted by Gasteiger charge is -1.98. The molecule has 0 atom stereocenters. The van der Waals surface area contributed by atoms with Crippen molar-refractivity contribution < 1.29 is 4.79 Å². The number of hydrogen-bond acceptors (Lipinski definition) is 3. The first-order valence-electron chi connectivity index (χ1n) is 5.66. The van der Waals surface area contributed by atoms with Crippen molar-refractivity contribution in [2.24, 2.45) is 0 Å². The summed E-state index contributed by atoms with van der Waals surface area (Å²) in [6.45, 7) is 3.66. The van der Waals surface area contributed by atoms with Crippen molar-refractivity contribution in [2.45, 2.75) is 13.5 Å². The van der Waals surface area contributed by atoms with Crippen LogP contribution in [0.15, 0.2) is 18.2 Å². The van der Waals surface area contributed by atoms with Gasteiger partial charge in [-0.25, -0.2) is 4.98 Å². The Hall–Kier alpha value is -1.88. The monoisotopic (exact) mass is 232 g/mol. The molecule has 0 spiro atoms. The molecule has 5 heteroatoms. The van der Waals surface area contributed by atoms with Crippen LogP contribution in [0.2, 0.25) is 0 Å². The Labute approximate surface area is 99.6 Å². The summed E-state index contributed by atoms with van der Waals surface area (Å²) in [5.41, 5.74) is 2.41. The van der Waals surface area contributed by atoms with Crippen LogP contribution in [0.4, 0.5) is 0 Å². The molecule has 0 aliphatic carbocycles. The van der Waals surface area contributed by atoms with Gasteiger partial charge in [-0.15, -0.1) is 0 Å². The summed E-state index contributed by atoms with van der Waals surface area (Å²) in [5.74, 6) is 0.797. The number of amides is 1. The van der Waals surface area contributed by atoms with Gasteiger partial charge in [-0.2, -0.15) is 0 Å². The maximum atomic E-state index is 11.5. The first-order valence-corrected chi connectivity index (χ1v) is 5.66. The third-order valence-corrected chi connectivity index (χ3v) is 2.56. The fraction of sp³-hybridized carbons (Fsp3) is 0.333. The molecule has 0 bridgehead atoms. The van der Waals surface area contributed by atoms with Crippen LogP contribution in [0.5, 0.6) is 0 Å². The highest BCUT2D eigenvalue weighted by atomic mass is 16.1. The summed E-state index contributed by atoms with van der Waals surface area (Å²) in [5, 5.41) is 5.80.